The van der Waals surface area contributed by atoms with Crippen molar-refractivity contribution in [2.45, 2.75) is 6.92 Å². The number of hydrogen-bond donors (Lipinski definition) is 1. The van der Waals surface area contributed by atoms with Crippen molar-refractivity contribution in [1.29, 1.82) is 0 Å². The highest BCUT2D eigenvalue weighted by Crippen LogP contribution is 2.20. The number of nitro groups is 1. The van der Waals surface area contributed by atoms with Gasteiger partial charge in [-0.2, -0.15) is 5.10 Å². The molecular formula is C13H10ClN3O4. The van der Waals surface area contributed by atoms with Gasteiger partial charge in [-0.25, -0.2) is 5.43 Å². The van der Waals surface area contributed by atoms with E-state index in [1.807, 2.05) is 0 Å². The van der Waals surface area contributed by atoms with Crippen molar-refractivity contribution in [2.24, 2.45) is 5.10 Å². The molecule has 0 spiro atoms. The van der Waals surface area contributed by atoms with Crippen LogP contribution in [0.25, 0.3) is 0 Å². The largest absolute Gasteiger partial charge is 0.469 e. The van der Waals surface area contributed by atoms with Gasteiger partial charge in [-0.15, -0.1) is 0 Å². The highest BCUT2D eigenvalue weighted by Gasteiger charge is 2.11. The Labute approximate surface area is 124 Å². The smallest absolute Gasteiger partial charge is 0.274 e. The average Bonchev–Trinajstić information content (AvgIpc) is 2.86. The van der Waals surface area contributed by atoms with E-state index in [0.717, 1.165) is 0 Å². The van der Waals surface area contributed by atoms with Crippen LogP contribution in [-0.4, -0.2) is 17.0 Å². The second-order valence-electron chi connectivity index (χ2n) is 4.05. The Morgan fingerprint density at radius 3 is 2.86 bits per heavy atom. The van der Waals surface area contributed by atoms with Crippen molar-refractivity contribution >= 4 is 29.4 Å². The Bertz CT molecular complexity index is 724. The van der Waals surface area contributed by atoms with Gasteiger partial charge in [0.05, 0.1) is 23.0 Å². The van der Waals surface area contributed by atoms with Gasteiger partial charge in [-0.3, -0.25) is 14.9 Å². The molecule has 2 rings (SSSR count). The first-order valence-corrected chi connectivity index (χ1v) is 6.18. The monoisotopic (exact) mass is 307 g/mol. The first kappa shape index (κ1) is 14.7. The fraction of sp³-hybridized carbons (Fsp3) is 0.0769. The van der Waals surface area contributed by atoms with Crippen molar-refractivity contribution in [1.82, 2.24) is 5.43 Å². The molecule has 0 bridgehead atoms. The summed E-state index contributed by atoms with van der Waals surface area (Å²) < 4.78 is 5.00. The Hall–Kier alpha value is -2.67. The van der Waals surface area contributed by atoms with Crippen LogP contribution >= 0.6 is 11.6 Å². The molecular weight excluding hydrogens is 298 g/mol. The second-order valence-corrected chi connectivity index (χ2v) is 4.46. The maximum Gasteiger partial charge on any atom is 0.274 e. The Morgan fingerprint density at radius 1 is 1.48 bits per heavy atom. The first-order chi connectivity index (χ1) is 9.99. The third kappa shape index (κ3) is 3.46. The number of benzene rings is 1. The lowest BCUT2D eigenvalue weighted by molar-refractivity contribution is -0.384. The summed E-state index contributed by atoms with van der Waals surface area (Å²) in [5.41, 5.74) is 2.87. The lowest BCUT2D eigenvalue weighted by atomic mass is 10.2. The van der Waals surface area contributed by atoms with Gasteiger partial charge in [0.15, 0.2) is 0 Å². The summed E-state index contributed by atoms with van der Waals surface area (Å²) in [6.07, 6.45) is 2.63. The van der Waals surface area contributed by atoms with Crippen LogP contribution in [-0.2, 0) is 0 Å². The standard InChI is InChI=1S/C13H10ClN3O4/c1-8-11(4-5-21-8)13(18)16-15-7-9-6-10(17(19)20)2-3-12(9)14/h2-7H,1H3,(H,16,18). The van der Waals surface area contributed by atoms with Crippen LogP contribution < -0.4 is 5.43 Å². The van der Waals surface area contributed by atoms with Gasteiger partial charge in [0, 0.05) is 22.7 Å². The molecule has 1 aromatic carbocycles. The van der Waals surface area contributed by atoms with Crippen molar-refractivity contribution in [3.63, 3.8) is 0 Å². The molecule has 0 aliphatic heterocycles. The summed E-state index contributed by atoms with van der Waals surface area (Å²) in [7, 11) is 0. The summed E-state index contributed by atoms with van der Waals surface area (Å²) in [4.78, 5) is 21.9. The van der Waals surface area contributed by atoms with E-state index in [9.17, 15) is 14.9 Å². The number of non-ortho nitro benzene ring substituents is 1. The van der Waals surface area contributed by atoms with Gasteiger partial charge in [0.1, 0.15) is 5.76 Å². The summed E-state index contributed by atoms with van der Waals surface area (Å²) >= 11 is 5.90. The number of hydrogen-bond acceptors (Lipinski definition) is 5. The quantitative estimate of drug-likeness (QED) is 0.533. The molecule has 0 saturated carbocycles. The molecule has 1 N–H and O–H groups in total. The molecule has 8 heteroatoms. The number of carbonyl (C=O) groups excluding carboxylic acids is 1. The number of rotatable bonds is 4. The van der Waals surface area contributed by atoms with Gasteiger partial charge in [0.2, 0.25) is 0 Å². The summed E-state index contributed by atoms with van der Waals surface area (Å²) in [6, 6.07) is 5.46. The van der Waals surface area contributed by atoms with Gasteiger partial charge in [0.25, 0.3) is 11.6 Å². The first-order valence-electron chi connectivity index (χ1n) is 5.80. The van der Waals surface area contributed by atoms with Crippen LogP contribution in [0.15, 0.2) is 40.0 Å². The molecule has 7 nitrogen and oxygen atoms in total. The predicted molar refractivity (Wildman–Crippen MR) is 76.6 cm³/mol. The van der Waals surface area contributed by atoms with Crippen LogP contribution in [0, 0.1) is 17.0 Å². The van der Waals surface area contributed by atoms with E-state index in [4.69, 9.17) is 16.0 Å². The maximum absolute atomic E-state index is 11.8. The van der Waals surface area contributed by atoms with E-state index >= 15 is 0 Å². The zero-order valence-corrected chi connectivity index (χ0v) is 11.6. The average molecular weight is 308 g/mol. The van der Waals surface area contributed by atoms with Crippen molar-refractivity contribution in [3.05, 3.63) is 62.6 Å². The van der Waals surface area contributed by atoms with Crippen molar-refractivity contribution < 1.29 is 14.1 Å². The number of amides is 1. The fourth-order valence-corrected chi connectivity index (χ4v) is 1.75. The Balaban J connectivity index is 2.11. The molecule has 0 unspecified atom stereocenters. The zero-order valence-electron chi connectivity index (χ0n) is 10.9. The molecule has 0 fully saturated rings. The predicted octanol–water partition coefficient (Wildman–Crippen LogP) is 2.91. The minimum absolute atomic E-state index is 0.113. The molecule has 1 amide bonds. The van der Waals surface area contributed by atoms with Gasteiger partial charge < -0.3 is 4.42 Å². The van der Waals surface area contributed by atoms with Crippen LogP contribution in [0.4, 0.5) is 5.69 Å². The molecule has 0 aliphatic carbocycles. The molecule has 0 radical (unpaired) electrons. The minimum Gasteiger partial charge on any atom is -0.469 e. The third-order valence-corrected chi connectivity index (χ3v) is 3.01. The maximum atomic E-state index is 11.8. The Kier molecular flexibility index (Phi) is 4.34. The summed E-state index contributed by atoms with van der Waals surface area (Å²) in [5, 5.41) is 14.7. The third-order valence-electron chi connectivity index (χ3n) is 2.66. The van der Waals surface area contributed by atoms with Crippen LogP contribution in [0.5, 0.6) is 0 Å². The number of aryl methyl sites for hydroxylation is 1. The lowest BCUT2D eigenvalue weighted by Crippen LogP contribution is -2.17. The molecule has 108 valence electrons. The molecule has 2 aromatic rings. The zero-order chi connectivity index (χ0) is 15.4. The molecule has 1 heterocycles. The van der Waals surface area contributed by atoms with Crippen molar-refractivity contribution in [3.8, 4) is 0 Å². The number of carbonyl (C=O) groups is 1. The Morgan fingerprint density at radius 2 is 2.24 bits per heavy atom. The van der Waals surface area contributed by atoms with Crippen LogP contribution in [0.2, 0.25) is 5.02 Å². The van der Waals surface area contributed by atoms with E-state index in [0.29, 0.717) is 16.9 Å². The highest BCUT2D eigenvalue weighted by atomic mass is 35.5. The molecule has 0 saturated heterocycles. The molecule has 21 heavy (non-hydrogen) atoms. The minimum atomic E-state index is -0.541. The molecule has 1 aromatic heterocycles. The van der Waals surface area contributed by atoms with E-state index in [2.05, 4.69) is 10.5 Å². The van der Waals surface area contributed by atoms with Gasteiger partial charge >= 0.3 is 0 Å². The van der Waals surface area contributed by atoms with Gasteiger partial charge in [-0.05, 0) is 19.1 Å². The number of halogens is 1. The normalized spacial score (nSPS) is 10.8. The number of furan rings is 1. The van der Waals surface area contributed by atoms with E-state index in [1.54, 1.807) is 6.92 Å². The lowest BCUT2D eigenvalue weighted by Gasteiger charge is -1.99. The highest BCUT2D eigenvalue weighted by molar-refractivity contribution is 6.33. The van der Waals surface area contributed by atoms with Gasteiger partial charge in [-0.1, -0.05) is 11.6 Å². The second kappa shape index (κ2) is 6.19. The molecule has 0 atom stereocenters. The summed E-state index contributed by atoms with van der Waals surface area (Å²) in [6.45, 7) is 1.65. The van der Waals surface area contributed by atoms with E-state index < -0.39 is 10.8 Å². The number of nitrogens with one attached hydrogen (secondary N) is 1. The number of nitro benzene ring substituents is 1. The van der Waals surface area contributed by atoms with E-state index in [-0.39, 0.29) is 10.7 Å². The van der Waals surface area contributed by atoms with Crippen molar-refractivity contribution in [2.75, 3.05) is 0 Å². The fourth-order valence-electron chi connectivity index (χ4n) is 1.58. The van der Waals surface area contributed by atoms with Crippen LogP contribution in [0.1, 0.15) is 21.7 Å². The topological polar surface area (TPSA) is 97.7 Å². The number of nitrogens with zero attached hydrogens (tertiary/aromatic N) is 2. The summed E-state index contributed by atoms with van der Waals surface area (Å²) in [5.74, 6) is 0.0233. The van der Waals surface area contributed by atoms with E-state index in [1.165, 1.54) is 36.7 Å². The molecule has 0 aliphatic rings. The number of hydrazone groups is 1. The van der Waals surface area contributed by atoms with Crippen LogP contribution in [0.3, 0.4) is 0 Å². The SMILES string of the molecule is Cc1occc1C(=O)NN=Cc1cc([N+](=O)[O-])ccc1Cl.